The predicted molar refractivity (Wildman–Crippen MR) is 86.2 cm³/mol. The van der Waals surface area contributed by atoms with Gasteiger partial charge in [0.2, 0.25) is 0 Å². The number of carbonyl (C=O) groups is 1. The van der Waals surface area contributed by atoms with Crippen molar-refractivity contribution in [3.63, 3.8) is 0 Å². The fraction of sp³-hybridized carbons (Fsp3) is 0.133. The van der Waals surface area contributed by atoms with Gasteiger partial charge in [-0.1, -0.05) is 22.0 Å². The SMILES string of the molecule is O=C(Nc1cccc(Br)c1)c1cc2c(cc1[N+](=O)[O-])OCCO2. The van der Waals surface area contributed by atoms with Gasteiger partial charge in [0.15, 0.2) is 11.5 Å². The maximum atomic E-state index is 12.4. The Morgan fingerprint density at radius 2 is 1.87 bits per heavy atom. The Hall–Kier alpha value is -2.61. The topological polar surface area (TPSA) is 90.7 Å². The van der Waals surface area contributed by atoms with Gasteiger partial charge >= 0.3 is 0 Å². The Bertz CT molecular complexity index is 793. The Morgan fingerprint density at radius 1 is 1.17 bits per heavy atom. The van der Waals surface area contributed by atoms with Crippen molar-refractivity contribution in [2.75, 3.05) is 18.5 Å². The second-order valence-corrected chi connectivity index (χ2v) is 5.65. The first-order valence-electron chi connectivity index (χ1n) is 6.69. The molecule has 0 aliphatic carbocycles. The molecule has 1 N–H and O–H groups in total. The maximum absolute atomic E-state index is 12.4. The number of carbonyl (C=O) groups excluding carboxylic acids is 1. The standard InChI is InChI=1S/C15H11BrN2O5/c16-9-2-1-3-10(6-9)17-15(19)11-7-13-14(23-5-4-22-13)8-12(11)18(20)21/h1-3,6-8H,4-5H2,(H,17,19). The molecule has 0 saturated carbocycles. The number of rotatable bonds is 3. The molecule has 118 valence electrons. The number of benzene rings is 2. The molecule has 1 heterocycles. The number of hydrogen-bond donors (Lipinski definition) is 1. The molecule has 3 rings (SSSR count). The van der Waals surface area contributed by atoms with E-state index in [9.17, 15) is 14.9 Å². The molecule has 0 aromatic heterocycles. The monoisotopic (exact) mass is 378 g/mol. The van der Waals surface area contributed by atoms with E-state index in [1.54, 1.807) is 18.2 Å². The van der Waals surface area contributed by atoms with E-state index in [4.69, 9.17) is 9.47 Å². The molecule has 0 saturated heterocycles. The molecule has 0 bridgehead atoms. The van der Waals surface area contributed by atoms with Gasteiger partial charge in [0, 0.05) is 16.2 Å². The molecular formula is C15H11BrN2O5. The third-order valence-corrected chi connectivity index (χ3v) is 3.68. The number of fused-ring (bicyclic) bond motifs is 1. The summed E-state index contributed by atoms with van der Waals surface area (Å²) >= 11 is 3.30. The summed E-state index contributed by atoms with van der Waals surface area (Å²) in [5.74, 6) is -0.00466. The van der Waals surface area contributed by atoms with E-state index < -0.39 is 10.8 Å². The third kappa shape index (κ3) is 3.26. The van der Waals surface area contributed by atoms with Crippen LogP contribution in [0.5, 0.6) is 11.5 Å². The zero-order valence-corrected chi connectivity index (χ0v) is 13.3. The van der Waals surface area contributed by atoms with Crippen molar-refractivity contribution in [3.8, 4) is 11.5 Å². The number of amides is 1. The van der Waals surface area contributed by atoms with Crippen LogP contribution in [0.15, 0.2) is 40.9 Å². The van der Waals surface area contributed by atoms with Gasteiger partial charge < -0.3 is 14.8 Å². The van der Waals surface area contributed by atoms with Crippen LogP contribution in [0.4, 0.5) is 11.4 Å². The number of nitro groups is 1. The van der Waals surface area contributed by atoms with Crippen LogP contribution in [0.25, 0.3) is 0 Å². The van der Waals surface area contributed by atoms with Gasteiger partial charge in [0.1, 0.15) is 18.8 Å². The Labute approximate surface area is 139 Å². The second kappa shape index (κ2) is 6.25. The third-order valence-electron chi connectivity index (χ3n) is 3.18. The van der Waals surface area contributed by atoms with Gasteiger partial charge in [0.25, 0.3) is 11.6 Å². The van der Waals surface area contributed by atoms with E-state index >= 15 is 0 Å². The number of halogens is 1. The summed E-state index contributed by atoms with van der Waals surface area (Å²) in [5, 5.41) is 13.9. The zero-order chi connectivity index (χ0) is 16.4. The van der Waals surface area contributed by atoms with Gasteiger partial charge in [-0.25, -0.2) is 0 Å². The Balaban J connectivity index is 1.97. The quantitative estimate of drug-likeness (QED) is 0.652. The van der Waals surface area contributed by atoms with Crippen molar-refractivity contribution >= 4 is 33.2 Å². The molecule has 2 aromatic rings. The first-order chi connectivity index (χ1) is 11.0. The van der Waals surface area contributed by atoms with Crippen molar-refractivity contribution < 1.29 is 19.2 Å². The molecule has 1 amide bonds. The maximum Gasteiger partial charge on any atom is 0.286 e. The van der Waals surface area contributed by atoms with Crippen LogP contribution in [0.3, 0.4) is 0 Å². The molecule has 1 aliphatic heterocycles. The first kappa shape index (κ1) is 15.3. The van der Waals surface area contributed by atoms with E-state index in [2.05, 4.69) is 21.2 Å². The highest BCUT2D eigenvalue weighted by molar-refractivity contribution is 9.10. The summed E-state index contributed by atoms with van der Waals surface area (Å²) in [6.45, 7) is 0.644. The Kier molecular flexibility index (Phi) is 4.16. The molecule has 8 heteroatoms. The number of ether oxygens (including phenoxy) is 2. The van der Waals surface area contributed by atoms with Gasteiger partial charge in [0.05, 0.1) is 11.0 Å². The largest absolute Gasteiger partial charge is 0.486 e. The number of nitrogens with one attached hydrogen (secondary N) is 1. The second-order valence-electron chi connectivity index (χ2n) is 4.73. The van der Waals surface area contributed by atoms with Crippen LogP contribution in [-0.4, -0.2) is 24.0 Å². The van der Waals surface area contributed by atoms with E-state index in [0.29, 0.717) is 24.7 Å². The number of anilines is 1. The van der Waals surface area contributed by atoms with Gasteiger partial charge in [-0.3, -0.25) is 14.9 Å². The van der Waals surface area contributed by atoms with Crippen LogP contribution < -0.4 is 14.8 Å². The first-order valence-corrected chi connectivity index (χ1v) is 7.49. The molecule has 23 heavy (non-hydrogen) atoms. The lowest BCUT2D eigenvalue weighted by atomic mass is 10.1. The van der Waals surface area contributed by atoms with Crippen molar-refractivity contribution in [1.82, 2.24) is 0 Å². The molecular weight excluding hydrogens is 368 g/mol. The summed E-state index contributed by atoms with van der Waals surface area (Å²) in [6.07, 6.45) is 0. The average molecular weight is 379 g/mol. The molecule has 0 spiro atoms. The normalized spacial score (nSPS) is 12.6. The van der Waals surface area contributed by atoms with Crippen LogP contribution in [0.1, 0.15) is 10.4 Å². The van der Waals surface area contributed by atoms with Crippen LogP contribution in [0, 0.1) is 10.1 Å². The highest BCUT2D eigenvalue weighted by atomic mass is 79.9. The molecule has 0 fully saturated rings. The minimum absolute atomic E-state index is 0.0841. The van der Waals surface area contributed by atoms with Crippen LogP contribution in [0.2, 0.25) is 0 Å². The number of hydrogen-bond acceptors (Lipinski definition) is 5. The van der Waals surface area contributed by atoms with Crippen molar-refractivity contribution in [2.24, 2.45) is 0 Å². The smallest absolute Gasteiger partial charge is 0.286 e. The van der Waals surface area contributed by atoms with Crippen molar-refractivity contribution in [1.29, 1.82) is 0 Å². The van der Waals surface area contributed by atoms with Crippen LogP contribution >= 0.6 is 15.9 Å². The molecule has 1 aliphatic rings. The van der Waals surface area contributed by atoms with E-state index in [0.717, 1.165) is 4.47 Å². The molecule has 0 atom stereocenters. The van der Waals surface area contributed by atoms with Gasteiger partial charge in [-0.15, -0.1) is 0 Å². The summed E-state index contributed by atoms with van der Waals surface area (Å²) in [7, 11) is 0. The van der Waals surface area contributed by atoms with Crippen molar-refractivity contribution in [2.45, 2.75) is 0 Å². The van der Waals surface area contributed by atoms with Gasteiger partial charge in [-0.2, -0.15) is 0 Å². The molecule has 0 radical (unpaired) electrons. The summed E-state index contributed by atoms with van der Waals surface area (Å²) in [5.41, 5.74) is 0.106. The molecule has 7 nitrogen and oxygen atoms in total. The lowest BCUT2D eigenvalue weighted by molar-refractivity contribution is -0.385. The van der Waals surface area contributed by atoms with E-state index in [1.165, 1.54) is 12.1 Å². The molecule has 0 unspecified atom stereocenters. The lowest BCUT2D eigenvalue weighted by Crippen LogP contribution is -2.18. The highest BCUT2D eigenvalue weighted by Gasteiger charge is 2.26. The predicted octanol–water partition coefficient (Wildman–Crippen LogP) is 3.38. The minimum atomic E-state index is -0.617. The van der Waals surface area contributed by atoms with E-state index in [-0.39, 0.29) is 17.0 Å². The zero-order valence-electron chi connectivity index (χ0n) is 11.7. The van der Waals surface area contributed by atoms with Gasteiger partial charge in [-0.05, 0) is 18.2 Å². The summed E-state index contributed by atoms with van der Waals surface area (Å²) < 4.78 is 11.5. The number of nitrogens with zero attached hydrogens (tertiary/aromatic N) is 1. The fourth-order valence-electron chi connectivity index (χ4n) is 2.18. The lowest BCUT2D eigenvalue weighted by Gasteiger charge is -2.18. The Morgan fingerprint density at radius 3 is 2.52 bits per heavy atom. The number of nitro benzene ring substituents is 1. The summed E-state index contributed by atoms with van der Waals surface area (Å²) in [6, 6.07) is 9.48. The minimum Gasteiger partial charge on any atom is -0.486 e. The highest BCUT2D eigenvalue weighted by Crippen LogP contribution is 2.36. The average Bonchev–Trinajstić information content (AvgIpc) is 2.53. The van der Waals surface area contributed by atoms with Crippen molar-refractivity contribution in [3.05, 3.63) is 56.5 Å². The molecule has 2 aromatic carbocycles. The summed E-state index contributed by atoms with van der Waals surface area (Å²) in [4.78, 5) is 23.0. The fourth-order valence-corrected chi connectivity index (χ4v) is 2.57. The van der Waals surface area contributed by atoms with Crippen LogP contribution in [-0.2, 0) is 0 Å². The van der Waals surface area contributed by atoms with E-state index in [1.807, 2.05) is 6.07 Å².